The number of benzene rings is 1. The van der Waals surface area contributed by atoms with Gasteiger partial charge in [-0.1, -0.05) is 42.1 Å². The van der Waals surface area contributed by atoms with Crippen molar-refractivity contribution in [1.29, 1.82) is 0 Å². The van der Waals surface area contributed by atoms with E-state index in [2.05, 4.69) is 27.4 Å². The van der Waals surface area contributed by atoms with Crippen LogP contribution in [0.3, 0.4) is 0 Å². The number of nitrogens with two attached hydrogens (primary N) is 1. The van der Waals surface area contributed by atoms with Gasteiger partial charge in [0, 0.05) is 18.4 Å². The summed E-state index contributed by atoms with van der Waals surface area (Å²) in [5.41, 5.74) is 6.94. The van der Waals surface area contributed by atoms with E-state index in [0.29, 0.717) is 23.3 Å². The van der Waals surface area contributed by atoms with E-state index in [1.165, 1.54) is 17.3 Å². The van der Waals surface area contributed by atoms with E-state index in [-0.39, 0.29) is 6.61 Å². The zero-order valence-electron chi connectivity index (χ0n) is 10.4. The molecule has 4 N–H and O–H groups in total. The normalized spacial score (nSPS) is 10.4. The summed E-state index contributed by atoms with van der Waals surface area (Å²) in [4.78, 5) is 8.52. The quantitative estimate of drug-likeness (QED) is 0.551. The molecule has 0 aliphatic rings. The molecular formula is C13H16N4OS. The number of aliphatic hydroxyl groups excluding tert-OH is 1. The molecule has 0 atom stereocenters. The second-order valence-corrected chi connectivity index (χ2v) is 4.83. The first-order valence-electron chi connectivity index (χ1n) is 5.94. The number of thioether (sulfide) groups is 1. The van der Waals surface area contributed by atoms with E-state index < -0.39 is 0 Å². The third kappa shape index (κ3) is 4.42. The highest BCUT2D eigenvalue weighted by Gasteiger charge is 2.03. The second kappa shape index (κ2) is 6.96. The summed E-state index contributed by atoms with van der Waals surface area (Å²) in [6, 6.07) is 11.8. The fourth-order valence-electron chi connectivity index (χ4n) is 1.50. The predicted molar refractivity (Wildman–Crippen MR) is 78.0 cm³/mol. The minimum atomic E-state index is 0.0520. The third-order valence-corrected chi connectivity index (χ3v) is 3.27. The van der Waals surface area contributed by atoms with Crippen LogP contribution in [0, 0.1) is 0 Å². The standard InChI is InChI=1S/C13H16N4OS/c14-11-8-12(15-6-7-18)17-13(16-11)19-9-10-4-2-1-3-5-10/h1-5,8,18H,6-7,9H2,(H3,14,15,16,17). The monoisotopic (exact) mass is 276 g/mol. The number of hydrogen-bond donors (Lipinski definition) is 3. The van der Waals surface area contributed by atoms with Crippen molar-refractivity contribution in [3.8, 4) is 0 Å². The summed E-state index contributed by atoms with van der Waals surface area (Å²) >= 11 is 1.53. The Morgan fingerprint density at radius 1 is 1.21 bits per heavy atom. The summed E-state index contributed by atoms with van der Waals surface area (Å²) in [6.07, 6.45) is 0. The largest absolute Gasteiger partial charge is 0.395 e. The Morgan fingerprint density at radius 2 is 2.00 bits per heavy atom. The lowest BCUT2D eigenvalue weighted by molar-refractivity contribution is 0.311. The molecule has 0 fully saturated rings. The lowest BCUT2D eigenvalue weighted by Gasteiger charge is -2.07. The van der Waals surface area contributed by atoms with Crippen molar-refractivity contribution in [3.05, 3.63) is 42.0 Å². The van der Waals surface area contributed by atoms with E-state index >= 15 is 0 Å². The number of aromatic nitrogens is 2. The van der Waals surface area contributed by atoms with Gasteiger partial charge in [-0.2, -0.15) is 0 Å². The third-order valence-electron chi connectivity index (χ3n) is 2.35. The van der Waals surface area contributed by atoms with E-state index in [1.54, 1.807) is 6.07 Å². The zero-order chi connectivity index (χ0) is 13.5. The molecule has 0 spiro atoms. The maximum absolute atomic E-state index is 8.78. The molecule has 0 saturated heterocycles. The first-order chi connectivity index (χ1) is 9.28. The molecule has 2 rings (SSSR count). The van der Waals surface area contributed by atoms with Crippen LogP contribution in [0.1, 0.15) is 5.56 Å². The minimum Gasteiger partial charge on any atom is -0.395 e. The van der Waals surface area contributed by atoms with Gasteiger partial charge in [-0.25, -0.2) is 9.97 Å². The molecular weight excluding hydrogens is 260 g/mol. The van der Waals surface area contributed by atoms with E-state index in [4.69, 9.17) is 10.8 Å². The van der Waals surface area contributed by atoms with Crippen molar-refractivity contribution >= 4 is 23.4 Å². The summed E-state index contributed by atoms with van der Waals surface area (Å²) < 4.78 is 0. The molecule has 5 nitrogen and oxygen atoms in total. The smallest absolute Gasteiger partial charge is 0.191 e. The van der Waals surface area contributed by atoms with Crippen LogP contribution in [0.15, 0.2) is 41.6 Å². The fourth-order valence-corrected chi connectivity index (χ4v) is 2.33. The molecule has 1 aromatic carbocycles. The van der Waals surface area contributed by atoms with E-state index in [9.17, 15) is 0 Å². The molecule has 100 valence electrons. The number of nitrogen functional groups attached to an aromatic ring is 1. The Labute approximate surface area is 116 Å². The van der Waals surface area contributed by atoms with Crippen molar-refractivity contribution in [2.75, 3.05) is 24.2 Å². The van der Waals surface area contributed by atoms with Crippen LogP contribution in [-0.2, 0) is 5.75 Å². The van der Waals surface area contributed by atoms with Gasteiger partial charge in [0.1, 0.15) is 11.6 Å². The summed E-state index contributed by atoms with van der Waals surface area (Å²) in [7, 11) is 0. The summed E-state index contributed by atoms with van der Waals surface area (Å²) in [6.45, 7) is 0.496. The van der Waals surface area contributed by atoms with Crippen LogP contribution in [0.4, 0.5) is 11.6 Å². The van der Waals surface area contributed by atoms with Gasteiger partial charge >= 0.3 is 0 Å². The van der Waals surface area contributed by atoms with Crippen LogP contribution in [0.25, 0.3) is 0 Å². The van der Waals surface area contributed by atoms with Crippen LogP contribution in [0.2, 0.25) is 0 Å². The van der Waals surface area contributed by atoms with Gasteiger partial charge in [0.2, 0.25) is 0 Å². The molecule has 0 aliphatic carbocycles. The minimum absolute atomic E-state index is 0.0520. The number of nitrogens with zero attached hydrogens (tertiary/aromatic N) is 2. The molecule has 1 aromatic heterocycles. The maximum atomic E-state index is 8.78. The summed E-state index contributed by atoms with van der Waals surface area (Å²) in [5, 5.41) is 12.4. The topological polar surface area (TPSA) is 84.1 Å². The lowest BCUT2D eigenvalue weighted by Crippen LogP contribution is -2.08. The maximum Gasteiger partial charge on any atom is 0.191 e. The van der Waals surface area contributed by atoms with Gasteiger partial charge in [0.25, 0.3) is 0 Å². The van der Waals surface area contributed by atoms with Gasteiger partial charge in [-0.15, -0.1) is 0 Å². The molecule has 0 saturated carbocycles. The molecule has 1 heterocycles. The Kier molecular flexibility index (Phi) is 5.00. The molecule has 0 aliphatic heterocycles. The first-order valence-corrected chi connectivity index (χ1v) is 6.92. The summed E-state index contributed by atoms with van der Waals surface area (Å²) in [5.74, 6) is 1.85. The van der Waals surface area contributed by atoms with Gasteiger partial charge in [-0.3, -0.25) is 0 Å². The lowest BCUT2D eigenvalue weighted by atomic mass is 10.2. The highest BCUT2D eigenvalue weighted by Crippen LogP contribution is 2.21. The van der Waals surface area contributed by atoms with Crippen molar-refractivity contribution in [1.82, 2.24) is 9.97 Å². The number of nitrogens with one attached hydrogen (secondary N) is 1. The van der Waals surface area contributed by atoms with Crippen LogP contribution in [-0.4, -0.2) is 28.2 Å². The van der Waals surface area contributed by atoms with Crippen molar-refractivity contribution in [3.63, 3.8) is 0 Å². The number of hydrogen-bond acceptors (Lipinski definition) is 6. The average molecular weight is 276 g/mol. The predicted octanol–water partition coefficient (Wildman–Crippen LogP) is 1.76. The second-order valence-electron chi connectivity index (χ2n) is 3.89. The van der Waals surface area contributed by atoms with E-state index in [0.717, 1.165) is 5.75 Å². The molecule has 0 bridgehead atoms. The Morgan fingerprint density at radius 3 is 2.74 bits per heavy atom. The van der Waals surface area contributed by atoms with E-state index in [1.807, 2.05) is 18.2 Å². The molecule has 0 unspecified atom stereocenters. The SMILES string of the molecule is Nc1cc(NCCO)nc(SCc2ccccc2)n1. The van der Waals surface area contributed by atoms with Crippen molar-refractivity contribution in [2.45, 2.75) is 10.9 Å². The Bertz CT molecular complexity index is 521. The molecule has 0 amide bonds. The highest BCUT2D eigenvalue weighted by atomic mass is 32.2. The average Bonchev–Trinajstić information content (AvgIpc) is 2.43. The highest BCUT2D eigenvalue weighted by molar-refractivity contribution is 7.98. The van der Waals surface area contributed by atoms with Gasteiger partial charge in [0.15, 0.2) is 5.16 Å². The van der Waals surface area contributed by atoms with Gasteiger partial charge < -0.3 is 16.2 Å². The van der Waals surface area contributed by atoms with Crippen LogP contribution < -0.4 is 11.1 Å². The molecule has 6 heteroatoms. The molecule has 0 radical (unpaired) electrons. The van der Waals surface area contributed by atoms with Gasteiger partial charge in [0.05, 0.1) is 6.61 Å². The number of rotatable bonds is 6. The first kappa shape index (κ1) is 13.6. The zero-order valence-corrected chi connectivity index (χ0v) is 11.2. The van der Waals surface area contributed by atoms with Crippen molar-refractivity contribution in [2.24, 2.45) is 0 Å². The van der Waals surface area contributed by atoms with Crippen LogP contribution in [0.5, 0.6) is 0 Å². The van der Waals surface area contributed by atoms with Gasteiger partial charge in [-0.05, 0) is 5.56 Å². The Balaban J connectivity index is 2.01. The molecule has 19 heavy (non-hydrogen) atoms. The van der Waals surface area contributed by atoms with Crippen molar-refractivity contribution < 1.29 is 5.11 Å². The Hall–Kier alpha value is -1.79. The molecule has 2 aromatic rings. The number of aliphatic hydroxyl groups is 1. The fraction of sp³-hybridized carbons (Fsp3) is 0.231. The van der Waals surface area contributed by atoms with Crippen LogP contribution >= 0.6 is 11.8 Å². The number of anilines is 2.